The summed E-state index contributed by atoms with van der Waals surface area (Å²) in [5, 5.41) is 0. The Labute approximate surface area is 120 Å². The highest BCUT2D eigenvalue weighted by atomic mass is 16.5. The Kier molecular flexibility index (Phi) is 4.74. The lowest BCUT2D eigenvalue weighted by molar-refractivity contribution is 0.453. The lowest BCUT2D eigenvalue weighted by Gasteiger charge is -2.13. The van der Waals surface area contributed by atoms with Crippen molar-refractivity contribution in [2.45, 2.75) is 39.2 Å². The number of nitrogens with zero attached hydrogens (tertiary/aromatic N) is 1. The average Bonchev–Trinajstić information content (AvgIpc) is 2.41. The van der Waals surface area contributed by atoms with Crippen LogP contribution in [0.25, 0.3) is 0 Å². The maximum Gasteiger partial charge on any atom is 0.222 e. The Morgan fingerprint density at radius 1 is 1.15 bits per heavy atom. The van der Waals surface area contributed by atoms with E-state index in [4.69, 9.17) is 10.5 Å². The predicted molar refractivity (Wildman–Crippen MR) is 82.2 cm³/mol. The van der Waals surface area contributed by atoms with Gasteiger partial charge in [0, 0.05) is 17.8 Å². The van der Waals surface area contributed by atoms with E-state index in [0.717, 1.165) is 17.7 Å². The fraction of sp³-hybridized carbons (Fsp3) is 0.353. The molecule has 1 atom stereocenters. The smallest absolute Gasteiger partial charge is 0.222 e. The van der Waals surface area contributed by atoms with Crippen molar-refractivity contribution in [3.05, 3.63) is 53.7 Å². The number of aromatic nitrogens is 1. The highest BCUT2D eigenvalue weighted by molar-refractivity contribution is 5.35. The topological polar surface area (TPSA) is 48.1 Å². The molecule has 1 unspecified atom stereocenters. The summed E-state index contributed by atoms with van der Waals surface area (Å²) in [6, 6.07) is 12.2. The van der Waals surface area contributed by atoms with Crippen molar-refractivity contribution in [2.24, 2.45) is 5.73 Å². The third-order valence-electron chi connectivity index (χ3n) is 3.13. The molecular weight excluding hydrogens is 248 g/mol. The van der Waals surface area contributed by atoms with Gasteiger partial charge in [0.1, 0.15) is 5.75 Å². The zero-order valence-electron chi connectivity index (χ0n) is 12.3. The molecule has 20 heavy (non-hydrogen) atoms. The molecule has 106 valence electrons. The first-order valence-corrected chi connectivity index (χ1v) is 7.03. The maximum atomic E-state index is 5.93. The molecule has 3 heteroatoms. The van der Waals surface area contributed by atoms with Crippen LogP contribution in [0.4, 0.5) is 0 Å². The monoisotopic (exact) mass is 270 g/mol. The van der Waals surface area contributed by atoms with E-state index in [0.29, 0.717) is 11.8 Å². The van der Waals surface area contributed by atoms with Crippen LogP contribution in [0.5, 0.6) is 11.6 Å². The third-order valence-corrected chi connectivity index (χ3v) is 3.13. The molecule has 0 amide bonds. The summed E-state index contributed by atoms with van der Waals surface area (Å²) in [5.74, 6) is 1.94. The van der Waals surface area contributed by atoms with E-state index in [9.17, 15) is 0 Å². The molecule has 2 rings (SSSR count). The summed E-state index contributed by atoms with van der Waals surface area (Å²) in [5.41, 5.74) is 8.16. The van der Waals surface area contributed by atoms with Crippen LogP contribution in [0.15, 0.2) is 42.6 Å². The quantitative estimate of drug-likeness (QED) is 0.896. The molecule has 2 N–H and O–H groups in total. The Balaban J connectivity index is 2.23. The molecular formula is C17H22N2O. The van der Waals surface area contributed by atoms with Crippen LogP contribution in [0.3, 0.4) is 0 Å². The highest BCUT2D eigenvalue weighted by Gasteiger charge is 2.09. The summed E-state index contributed by atoms with van der Waals surface area (Å²) >= 11 is 0. The third kappa shape index (κ3) is 3.81. The molecule has 0 saturated carbocycles. The maximum absolute atomic E-state index is 5.93. The molecule has 0 bridgehead atoms. The molecule has 0 spiro atoms. The predicted octanol–water partition coefficient (Wildman–Crippen LogP) is 3.89. The largest absolute Gasteiger partial charge is 0.439 e. The van der Waals surface area contributed by atoms with Gasteiger partial charge in [-0.25, -0.2) is 4.98 Å². The molecule has 0 aliphatic heterocycles. The zero-order valence-corrected chi connectivity index (χ0v) is 12.3. The zero-order chi connectivity index (χ0) is 14.5. The second-order valence-electron chi connectivity index (χ2n) is 5.48. The number of rotatable bonds is 5. The average molecular weight is 270 g/mol. The first-order valence-electron chi connectivity index (χ1n) is 7.03. The van der Waals surface area contributed by atoms with E-state index in [1.807, 2.05) is 31.2 Å². The lowest BCUT2D eigenvalue weighted by atomic mass is 10.0. The van der Waals surface area contributed by atoms with Crippen molar-refractivity contribution in [2.75, 3.05) is 0 Å². The first kappa shape index (κ1) is 14.5. The number of hydrogen-bond acceptors (Lipinski definition) is 3. The van der Waals surface area contributed by atoms with Crippen LogP contribution >= 0.6 is 0 Å². The second-order valence-corrected chi connectivity index (χ2v) is 5.48. The van der Waals surface area contributed by atoms with Crippen molar-refractivity contribution < 1.29 is 4.74 Å². The van der Waals surface area contributed by atoms with E-state index in [1.165, 1.54) is 5.56 Å². The first-order chi connectivity index (χ1) is 9.56. The van der Waals surface area contributed by atoms with Gasteiger partial charge >= 0.3 is 0 Å². The van der Waals surface area contributed by atoms with E-state index >= 15 is 0 Å². The van der Waals surface area contributed by atoms with Crippen LogP contribution in [0.2, 0.25) is 0 Å². The minimum absolute atomic E-state index is 0.0866. The van der Waals surface area contributed by atoms with Crippen LogP contribution in [0.1, 0.15) is 37.8 Å². The Morgan fingerprint density at radius 3 is 2.65 bits per heavy atom. The van der Waals surface area contributed by atoms with Crippen molar-refractivity contribution in [3.8, 4) is 11.6 Å². The molecule has 0 saturated heterocycles. The molecule has 0 fully saturated rings. The Morgan fingerprint density at radius 2 is 1.95 bits per heavy atom. The standard InChI is InChI=1S/C17H22N2O/c1-12(2)14-6-4-8-16(11-14)20-17-15(10-13(3)18)7-5-9-19-17/h4-9,11-13H,10,18H2,1-3H3. The minimum Gasteiger partial charge on any atom is -0.439 e. The van der Waals surface area contributed by atoms with Crippen LogP contribution in [-0.2, 0) is 6.42 Å². The van der Waals surface area contributed by atoms with Gasteiger partial charge in [0.2, 0.25) is 5.88 Å². The number of benzene rings is 1. The Hall–Kier alpha value is -1.87. The Bertz CT molecular complexity index is 564. The van der Waals surface area contributed by atoms with Crippen molar-refractivity contribution in [1.29, 1.82) is 0 Å². The minimum atomic E-state index is 0.0866. The summed E-state index contributed by atoms with van der Waals surface area (Å²) in [6.45, 7) is 6.32. The van der Waals surface area contributed by atoms with Gasteiger partial charge in [0.25, 0.3) is 0 Å². The van der Waals surface area contributed by atoms with Gasteiger partial charge in [-0.15, -0.1) is 0 Å². The van der Waals surface area contributed by atoms with Crippen molar-refractivity contribution in [3.63, 3.8) is 0 Å². The van der Waals surface area contributed by atoms with E-state index in [1.54, 1.807) is 6.20 Å². The fourth-order valence-electron chi connectivity index (χ4n) is 2.07. The molecule has 0 aliphatic carbocycles. The molecule has 3 nitrogen and oxygen atoms in total. The van der Waals surface area contributed by atoms with Gasteiger partial charge in [-0.2, -0.15) is 0 Å². The van der Waals surface area contributed by atoms with Crippen LogP contribution < -0.4 is 10.5 Å². The summed E-state index contributed by atoms with van der Waals surface area (Å²) in [4.78, 5) is 4.32. The second kappa shape index (κ2) is 6.53. The molecule has 1 aromatic carbocycles. The number of pyridine rings is 1. The van der Waals surface area contributed by atoms with Gasteiger partial charge < -0.3 is 10.5 Å². The molecule has 1 heterocycles. The lowest BCUT2D eigenvalue weighted by Crippen LogP contribution is -2.18. The summed E-state index contributed by atoms with van der Waals surface area (Å²) in [6.07, 6.45) is 2.50. The number of nitrogens with two attached hydrogens (primary N) is 1. The van der Waals surface area contributed by atoms with Gasteiger partial charge in [-0.1, -0.05) is 32.0 Å². The fourth-order valence-corrected chi connectivity index (χ4v) is 2.07. The van der Waals surface area contributed by atoms with Crippen molar-refractivity contribution in [1.82, 2.24) is 4.98 Å². The van der Waals surface area contributed by atoms with Gasteiger partial charge in [-0.05, 0) is 43.0 Å². The van der Waals surface area contributed by atoms with E-state index < -0.39 is 0 Å². The summed E-state index contributed by atoms with van der Waals surface area (Å²) < 4.78 is 5.93. The number of ether oxygens (including phenoxy) is 1. The molecule has 1 aromatic heterocycles. The summed E-state index contributed by atoms with van der Waals surface area (Å²) in [7, 11) is 0. The van der Waals surface area contributed by atoms with Crippen molar-refractivity contribution >= 4 is 0 Å². The SMILES string of the molecule is CC(N)Cc1cccnc1Oc1cccc(C(C)C)c1. The van der Waals surface area contributed by atoms with Gasteiger partial charge in [-0.3, -0.25) is 0 Å². The van der Waals surface area contributed by atoms with Gasteiger partial charge in [0.15, 0.2) is 0 Å². The van der Waals surface area contributed by atoms with E-state index in [-0.39, 0.29) is 6.04 Å². The molecule has 2 aromatic rings. The van der Waals surface area contributed by atoms with Crippen LogP contribution in [0, 0.1) is 0 Å². The highest BCUT2D eigenvalue weighted by Crippen LogP contribution is 2.26. The number of hydrogen-bond donors (Lipinski definition) is 1. The van der Waals surface area contributed by atoms with Gasteiger partial charge in [0.05, 0.1) is 0 Å². The normalized spacial score (nSPS) is 12.4. The molecule has 0 aliphatic rings. The molecule has 0 radical (unpaired) electrons. The van der Waals surface area contributed by atoms with Crippen LogP contribution in [-0.4, -0.2) is 11.0 Å². The van der Waals surface area contributed by atoms with E-state index in [2.05, 4.69) is 31.0 Å².